The van der Waals surface area contributed by atoms with E-state index in [1.807, 2.05) is 32.9 Å². The summed E-state index contributed by atoms with van der Waals surface area (Å²) in [6.07, 6.45) is 1.79. The molecular formula is C13H17NO. The Kier molecular flexibility index (Phi) is 3.67. The normalized spacial score (nSPS) is 10.7. The summed E-state index contributed by atoms with van der Waals surface area (Å²) < 4.78 is 5.28. The van der Waals surface area contributed by atoms with Crippen LogP contribution in [-0.4, -0.2) is 13.3 Å². The standard InChI is InChI=1S/C13H17NO/c1-6-14-12-7-10(4)13(15-5)8-11(12)9(2)3/h6-8H,2H2,1,3-5H3/b14-6-. The first kappa shape index (κ1) is 11.5. The Bertz CT molecular complexity index is 405. The molecule has 0 fully saturated rings. The number of hydrogen-bond donors (Lipinski definition) is 0. The molecule has 2 nitrogen and oxygen atoms in total. The average molecular weight is 203 g/mol. The van der Waals surface area contributed by atoms with Crippen molar-refractivity contribution < 1.29 is 4.74 Å². The summed E-state index contributed by atoms with van der Waals surface area (Å²) in [5, 5.41) is 0. The lowest BCUT2D eigenvalue weighted by Crippen LogP contribution is -1.90. The van der Waals surface area contributed by atoms with Crippen LogP contribution in [-0.2, 0) is 0 Å². The maximum absolute atomic E-state index is 5.28. The fourth-order valence-corrected chi connectivity index (χ4v) is 1.48. The minimum absolute atomic E-state index is 0.878. The Hall–Kier alpha value is -1.57. The van der Waals surface area contributed by atoms with Crippen molar-refractivity contribution in [3.05, 3.63) is 29.8 Å². The van der Waals surface area contributed by atoms with Gasteiger partial charge < -0.3 is 4.74 Å². The van der Waals surface area contributed by atoms with E-state index in [2.05, 4.69) is 11.6 Å². The summed E-state index contributed by atoms with van der Waals surface area (Å²) in [5.74, 6) is 0.878. The van der Waals surface area contributed by atoms with E-state index < -0.39 is 0 Å². The number of rotatable bonds is 3. The van der Waals surface area contributed by atoms with Crippen molar-refractivity contribution in [1.82, 2.24) is 0 Å². The summed E-state index contributed by atoms with van der Waals surface area (Å²) in [6.45, 7) is 9.83. The number of nitrogens with zero attached hydrogens (tertiary/aromatic N) is 1. The topological polar surface area (TPSA) is 21.6 Å². The lowest BCUT2D eigenvalue weighted by molar-refractivity contribution is 0.411. The smallest absolute Gasteiger partial charge is 0.122 e. The SMILES string of the molecule is C=C(C)c1cc(OC)c(C)cc1/N=C\C. The van der Waals surface area contributed by atoms with E-state index in [1.165, 1.54) is 0 Å². The number of benzene rings is 1. The van der Waals surface area contributed by atoms with E-state index in [0.717, 1.165) is 28.1 Å². The lowest BCUT2D eigenvalue weighted by Gasteiger charge is -2.10. The molecule has 0 radical (unpaired) electrons. The van der Waals surface area contributed by atoms with Crippen LogP contribution < -0.4 is 4.74 Å². The van der Waals surface area contributed by atoms with Crippen molar-refractivity contribution in [3.8, 4) is 5.75 Å². The van der Waals surface area contributed by atoms with Gasteiger partial charge in [-0.1, -0.05) is 6.58 Å². The van der Waals surface area contributed by atoms with Crippen LogP contribution in [0.15, 0.2) is 23.7 Å². The van der Waals surface area contributed by atoms with Crippen molar-refractivity contribution in [3.63, 3.8) is 0 Å². The van der Waals surface area contributed by atoms with E-state index in [-0.39, 0.29) is 0 Å². The van der Waals surface area contributed by atoms with Crippen molar-refractivity contribution in [2.75, 3.05) is 7.11 Å². The number of allylic oxidation sites excluding steroid dienone is 1. The zero-order valence-electron chi connectivity index (χ0n) is 9.79. The molecule has 80 valence electrons. The van der Waals surface area contributed by atoms with Gasteiger partial charge in [0.2, 0.25) is 0 Å². The zero-order valence-corrected chi connectivity index (χ0v) is 9.79. The van der Waals surface area contributed by atoms with E-state index in [0.29, 0.717) is 0 Å². The number of aliphatic imine (C=N–C) groups is 1. The largest absolute Gasteiger partial charge is 0.496 e. The summed E-state index contributed by atoms with van der Waals surface area (Å²) in [6, 6.07) is 4.00. The second-order valence-corrected chi connectivity index (χ2v) is 3.51. The number of methoxy groups -OCH3 is 1. The second kappa shape index (κ2) is 4.78. The summed E-state index contributed by atoms with van der Waals surface area (Å²) in [7, 11) is 1.67. The first-order valence-corrected chi connectivity index (χ1v) is 4.93. The van der Waals surface area contributed by atoms with Crippen LogP contribution in [0.1, 0.15) is 25.0 Å². The van der Waals surface area contributed by atoms with Crippen LogP contribution in [0.5, 0.6) is 5.75 Å². The minimum Gasteiger partial charge on any atom is -0.496 e. The molecule has 0 unspecified atom stereocenters. The van der Waals surface area contributed by atoms with E-state index in [9.17, 15) is 0 Å². The van der Waals surface area contributed by atoms with E-state index >= 15 is 0 Å². The van der Waals surface area contributed by atoms with Gasteiger partial charge in [-0.2, -0.15) is 0 Å². The monoisotopic (exact) mass is 203 g/mol. The predicted octanol–water partition coefficient (Wildman–Crippen LogP) is 3.76. The predicted molar refractivity (Wildman–Crippen MR) is 66.3 cm³/mol. The van der Waals surface area contributed by atoms with Gasteiger partial charge in [-0.15, -0.1) is 0 Å². The molecule has 1 aromatic carbocycles. The quantitative estimate of drug-likeness (QED) is 0.685. The van der Waals surface area contributed by atoms with Gasteiger partial charge in [-0.05, 0) is 44.0 Å². The summed E-state index contributed by atoms with van der Waals surface area (Å²) in [5.41, 5.74) is 4.07. The molecule has 0 saturated heterocycles. The third kappa shape index (κ3) is 2.46. The van der Waals surface area contributed by atoms with Gasteiger partial charge in [-0.25, -0.2) is 0 Å². The van der Waals surface area contributed by atoms with Crippen LogP contribution in [0, 0.1) is 6.92 Å². The minimum atomic E-state index is 0.878. The maximum Gasteiger partial charge on any atom is 0.122 e. The Balaban J connectivity index is 3.38. The molecule has 0 saturated carbocycles. The highest BCUT2D eigenvalue weighted by Crippen LogP contribution is 2.32. The molecule has 0 aliphatic heterocycles. The number of ether oxygens (including phenoxy) is 1. The maximum atomic E-state index is 5.28. The van der Waals surface area contributed by atoms with Crippen molar-refractivity contribution in [1.29, 1.82) is 0 Å². The van der Waals surface area contributed by atoms with Gasteiger partial charge in [0.15, 0.2) is 0 Å². The van der Waals surface area contributed by atoms with Gasteiger partial charge in [0.25, 0.3) is 0 Å². The molecule has 0 atom stereocenters. The molecule has 2 heteroatoms. The first-order valence-electron chi connectivity index (χ1n) is 4.93. The van der Waals surface area contributed by atoms with Gasteiger partial charge in [0, 0.05) is 11.8 Å². The van der Waals surface area contributed by atoms with E-state index in [1.54, 1.807) is 13.3 Å². The van der Waals surface area contributed by atoms with Crippen LogP contribution in [0.2, 0.25) is 0 Å². The van der Waals surface area contributed by atoms with Gasteiger partial charge in [0.05, 0.1) is 12.8 Å². The Morgan fingerprint density at radius 3 is 2.60 bits per heavy atom. The third-order valence-corrected chi connectivity index (χ3v) is 2.24. The molecule has 0 amide bonds. The second-order valence-electron chi connectivity index (χ2n) is 3.51. The Morgan fingerprint density at radius 1 is 1.47 bits per heavy atom. The molecule has 0 bridgehead atoms. The highest BCUT2D eigenvalue weighted by atomic mass is 16.5. The first-order chi connectivity index (χ1) is 7.10. The Labute approximate surface area is 91.3 Å². The molecule has 0 aliphatic rings. The zero-order chi connectivity index (χ0) is 11.4. The number of aryl methyl sites for hydroxylation is 1. The van der Waals surface area contributed by atoms with Crippen molar-refractivity contribution in [2.24, 2.45) is 4.99 Å². The van der Waals surface area contributed by atoms with Crippen LogP contribution in [0.4, 0.5) is 5.69 Å². The fourth-order valence-electron chi connectivity index (χ4n) is 1.48. The third-order valence-electron chi connectivity index (χ3n) is 2.24. The fraction of sp³-hybridized carbons (Fsp3) is 0.308. The van der Waals surface area contributed by atoms with Gasteiger partial charge in [0.1, 0.15) is 5.75 Å². The summed E-state index contributed by atoms with van der Waals surface area (Å²) >= 11 is 0. The van der Waals surface area contributed by atoms with Crippen LogP contribution in [0.3, 0.4) is 0 Å². The highest BCUT2D eigenvalue weighted by Gasteiger charge is 2.07. The van der Waals surface area contributed by atoms with Crippen LogP contribution in [0.25, 0.3) is 5.57 Å². The van der Waals surface area contributed by atoms with Gasteiger partial charge >= 0.3 is 0 Å². The lowest BCUT2D eigenvalue weighted by atomic mass is 10.0. The molecule has 0 aromatic heterocycles. The van der Waals surface area contributed by atoms with E-state index in [4.69, 9.17) is 4.74 Å². The highest BCUT2D eigenvalue weighted by molar-refractivity contribution is 5.77. The molecule has 0 aliphatic carbocycles. The molecule has 0 N–H and O–H groups in total. The Morgan fingerprint density at radius 2 is 2.13 bits per heavy atom. The molecular weight excluding hydrogens is 186 g/mol. The van der Waals surface area contributed by atoms with Crippen LogP contribution >= 0.6 is 0 Å². The number of hydrogen-bond acceptors (Lipinski definition) is 2. The molecule has 1 rings (SSSR count). The molecule has 15 heavy (non-hydrogen) atoms. The van der Waals surface area contributed by atoms with Crippen molar-refractivity contribution in [2.45, 2.75) is 20.8 Å². The van der Waals surface area contributed by atoms with Gasteiger partial charge in [-0.3, -0.25) is 4.99 Å². The van der Waals surface area contributed by atoms with Crippen molar-refractivity contribution >= 4 is 17.5 Å². The molecule has 1 aromatic rings. The summed E-state index contributed by atoms with van der Waals surface area (Å²) in [4.78, 5) is 4.32. The molecule has 0 spiro atoms. The molecule has 0 heterocycles. The average Bonchev–Trinajstić information content (AvgIpc) is 2.18.